The summed E-state index contributed by atoms with van der Waals surface area (Å²) >= 11 is 1.63. The van der Waals surface area contributed by atoms with Gasteiger partial charge in [0.15, 0.2) is 0 Å². The molecule has 5 nitrogen and oxygen atoms in total. The molecule has 2 amide bonds. The van der Waals surface area contributed by atoms with Gasteiger partial charge in [-0.2, -0.15) is 0 Å². The van der Waals surface area contributed by atoms with Crippen molar-refractivity contribution < 1.29 is 14.3 Å². The number of ether oxygens (including phenoxy) is 1. The van der Waals surface area contributed by atoms with Gasteiger partial charge in [-0.3, -0.25) is 9.59 Å². The van der Waals surface area contributed by atoms with Crippen molar-refractivity contribution in [1.82, 2.24) is 9.80 Å². The minimum atomic E-state index is -0.550. The van der Waals surface area contributed by atoms with E-state index in [1.54, 1.807) is 23.3 Å². The molecule has 0 spiro atoms. The van der Waals surface area contributed by atoms with Gasteiger partial charge in [-0.25, -0.2) is 0 Å². The number of amides is 2. The Labute approximate surface area is 171 Å². The first-order chi connectivity index (χ1) is 13.3. The SMILES string of the molecule is COCCN(CC(=O)N(Cc1ccccc1)Cc1cccs1)C(=O)C(C)(C)C. The molecule has 2 rings (SSSR count). The quantitative estimate of drug-likeness (QED) is 0.641. The van der Waals surface area contributed by atoms with Gasteiger partial charge < -0.3 is 14.5 Å². The standard InChI is InChI=1S/C22H30N2O3S/c1-22(2,3)21(26)23(12-13-27-4)17-20(25)24(16-19-11-8-14-28-19)15-18-9-6-5-7-10-18/h5-11,14H,12-13,15-17H2,1-4H3. The molecule has 2 aromatic rings. The summed E-state index contributed by atoms with van der Waals surface area (Å²) in [7, 11) is 1.60. The zero-order valence-corrected chi connectivity index (χ0v) is 18.0. The summed E-state index contributed by atoms with van der Waals surface area (Å²) in [6, 6.07) is 13.9. The predicted molar refractivity (Wildman–Crippen MR) is 113 cm³/mol. The molecule has 0 radical (unpaired) electrons. The molecular formula is C22H30N2O3S. The van der Waals surface area contributed by atoms with E-state index in [-0.39, 0.29) is 18.4 Å². The molecule has 0 fully saturated rings. The monoisotopic (exact) mass is 402 g/mol. The van der Waals surface area contributed by atoms with E-state index in [2.05, 4.69) is 0 Å². The molecule has 0 saturated heterocycles. The van der Waals surface area contributed by atoms with Crippen LogP contribution < -0.4 is 0 Å². The Morgan fingerprint density at radius 1 is 1.00 bits per heavy atom. The topological polar surface area (TPSA) is 49.9 Å². The third-order valence-electron chi connectivity index (χ3n) is 4.32. The van der Waals surface area contributed by atoms with Crippen LogP contribution >= 0.6 is 11.3 Å². The Kier molecular flexibility index (Phi) is 8.20. The van der Waals surface area contributed by atoms with Crippen molar-refractivity contribution in [2.24, 2.45) is 5.41 Å². The number of carbonyl (C=O) groups excluding carboxylic acids is 2. The zero-order chi connectivity index (χ0) is 20.6. The van der Waals surface area contributed by atoms with E-state index in [9.17, 15) is 9.59 Å². The van der Waals surface area contributed by atoms with Crippen molar-refractivity contribution in [3.05, 3.63) is 58.3 Å². The number of hydrogen-bond acceptors (Lipinski definition) is 4. The normalized spacial score (nSPS) is 11.3. The lowest BCUT2D eigenvalue weighted by Crippen LogP contribution is -2.47. The minimum absolute atomic E-state index is 0.0475. The summed E-state index contributed by atoms with van der Waals surface area (Å²) in [5.41, 5.74) is 0.518. The highest BCUT2D eigenvalue weighted by molar-refractivity contribution is 7.09. The lowest BCUT2D eigenvalue weighted by molar-refractivity contribution is -0.146. The molecule has 0 unspecified atom stereocenters. The highest BCUT2D eigenvalue weighted by Crippen LogP contribution is 2.19. The Bertz CT molecular complexity index is 739. The minimum Gasteiger partial charge on any atom is -0.383 e. The van der Waals surface area contributed by atoms with Crippen LogP contribution in [-0.4, -0.2) is 48.4 Å². The van der Waals surface area contributed by atoms with E-state index in [1.807, 2.05) is 73.5 Å². The van der Waals surface area contributed by atoms with Crippen LogP contribution in [0.4, 0.5) is 0 Å². The van der Waals surface area contributed by atoms with Gasteiger partial charge in [0.25, 0.3) is 0 Å². The highest BCUT2D eigenvalue weighted by Gasteiger charge is 2.29. The molecule has 0 N–H and O–H groups in total. The first-order valence-corrected chi connectivity index (χ1v) is 10.3. The number of carbonyl (C=O) groups is 2. The van der Waals surface area contributed by atoms with E-state index in [4.69, 9.17) is 4.74 Å². The molecule has 0 atom stereocenters. The van der Waals surface area contributed by atoms with Crippen molar-refractivity contribution in [3.8, 4) is 0 Å². The van der Waals surface area contributed by atoms with E-state index >= 15 is 0 Å². The molecule has 1 heterocycles. The third kappa shape index (κ3) is 6.77. The van der Waals surface area contributed by atoms with Gasteiger partial charge in [0.1, 0.15) is 0 Å². The molecule has 0 bridgehead atoms. The van der Waals surface area contributed by atoms with Gasteiger partial charge >= 0.3 is 0 Å². The summed E-state index contributed by atoms with van der Waals surface area (Å²) < 4.78 is 5.14. The van der Waals surface area contributed by atoms with Gasteiger partial charge in [0, 0.05) is 30.5 Å². The average Bonchev–Trinajstić information content (AvgIpc) is 3.17. The highest BCUT2D eigenvalue weighted by atomic mass is 32.1. The van der Waals surface area contributed by atoms with Gasteiger partial charge in [0.05, 0.1) is 19.7 Å². The van der Waals surface area contributed by atoms with Crippen LogP contribution in [0.2, 0.25) is 0 Å². The van der Waals surface area contributed by atoms with E-state index in [1.165, 1.54) is 0 Å². The molecule has 6 heteroatoms. The first kappa shape index (κ1) is 22.1. The van der Waals surface area contributed by atoms with Crippen LogP contribution in [0.5, 0.6) is 0 Å². The van der Waals surface area contributed by atoms with Gasteiger partial charge in [-0.15, -0.1) is 11.3 Å². The maximum atomic E-state index is 13.2. The molecule has 0 aliphatic heterocycles. The summed E-state index contributed by atoms with van der Waals surface area (Å²) in [6.45, 7) is 7.51. The van der Waals surface area contributed by atoms with Crippen molar-refractivity contribution in [1.29, 1.82) is 0 Å². The second-order valence-electron chi connectivity index (χ2n) is 7.78. The number of thiophene rings is 1. The maximum absolute atomic E-state index is 13.2. The van der Waals surface area contributed by atoms with Crippen molar-refractivity contribution in [2.45, 2.75) is 33.9 Å². The van der Waals surface area contributed by atoms with Crippen LogP contribution in [0.3, 0.4) is 0 Å². The fraction of sp³-hybridized carbons (Fsp3) is 0.455. The van der Waals surface area contributed by atoms with E-state index in [0.29, 0.717) is 26.2 Å². The lowest BCUT2D eigenvalue weighted by atomic mass is 9.94. The predicted octanol–water partition coefficient (Wildman–Crippen LogP) is 3.80. The van der Waals surface area contributed by atoms with Crippen molar-refractivity contribution >= 4 is 23.2 Å². The molecule has 0 aliphatic rings. The number of rotatable bonds is 9. The molecule has 0 aliphatic carbocycles. The number of nitrogens with zero attached hydrogens (tertiary/aromatic N) is 2. The number of hydrogen-bond donors (Lipinski definition) is 0. The average molecular weight is 403 g/mol. The molecule has 28 heavy (non-hydrogen) atoms. The smallest absolute Gasteiger partial charge is 0.242 e. The van der Waals surface area contributed by atoms with Gasteiger partial charge in [-0.05, 0) is 17.0 Å². The molecule has 1 aromatic heterocycles. The van der Waals surface area contributed by atoms with Crippen LogP contribution in [0.25, 0.3) is 0 Å². The summed E-state index contributed by atoms with van der Waals surface area (Å²) in [5.74, 6) is -0.111. The van der Waals surface area contributed by atoms with E-state index in [0.717, 1.165) is 10.4 Å². The van der Waals surface area contributed by atoms with Crippen LogP contribution in [-0.2, 0) is 27.4 Å². The van der Waals surface area contributed by atoms with Crippen molar-refractivity contribution in [3.63, 3.8) is 0 Å². The van der Waals surface area contributed by atoms with Crippen molar-refractivity contribution in [2.75, 3.05) is 26.8 Å². The van der Waals surface area contributed by atoms with Crippen LogP contribution in [0, 0.1) is 5.41 Å². The van der Waals surface area contributed by atoms with Gasteiger partial charge in [-0.1, -0.05) is 57.2 Å². The fourth-order valence-corrected chi connectivity index (χ4v) is 3.54. The lowest BCUT2D eigenvalue weighted by Gasteiger charge is -2.31. The number of methoxy groups -OCH3 is 1. The second-order valence-corrected chi connectivity index (χ2v) is 8.82. The summed E-state index contributed by atoms with van der Waals surface area (Å²) in [6.07, 6.45) is 0. The van der Waals surface area contributed by atoms with Crippen LogP contribution in [0.15, 0.2) is 47.8 Å². The Morgan fingerprint density at radius 3 is 2.29 bits per heavy atom. The molecule has 1 aromatic carbocycles. The summed E-state index contributed by atoms with van der Waals surface area (Å²) in [4.78, 5) is 30.5. The fourth-order valence-electron chi connectivity index (χ4n) is 2.82. The maximum Gasteiger partial charge on any atom is 0.242 e. The molecular weight excluding hydrogens is 372 g/mol. The molecule has 0 saturated carbocycles. The first-order valence-electron chi connectivity index (χ1n) is 9.43. The molecule has 152 valence electrons. The largest absolute Gasteiger partial charge is 0.383 e. The summed E-state index contributed by atoms with van der Waals surface area (Å²) in [5, 5.41) is 2.01. The zero-order valence-electron chi connectivity index (χ0n) is 17.2. The van der Waals surface area contributed by atoms with Crippen LogP contribution in [0.1, 0.15) is 31.2 Å². The number of benzene rings is 1. The Morgan fingerprint density at radius 2 is 1.71 bits per heavy atom. The Hall–Kier alpha value is -2.18. The van der Waals surface area contributed by atoms with Gasteiger partial charge in [0.2, 0.25) is 11.8 Å². The van der Waals surface area contributed by atoms with E-state index < -0.39 is 5.41 Å². The Balaban J connectivity index is 2.17. The second kappa shape index (κ2) is 10.4. The third-order valence-corrected chi connectivity index (χ3v) is 5.18.